The Morgan fingerprint density at radius 1 is 1.18 bits per heavy atom. The monoisotopic (exact) mass is 320 g/mol. The molecule has 2 aromatic rings. The Hall–Kier alpha value is -2.41. The number of nitrogens with one attached hydrogen (secondary N) is 1. The molecule has 0 saturated carbocycles. The summed E-state index contributed by atoms with van der Waals surface area (Å²) < 4.78 is 26.8. The first-order valence-electron chi connectivity index (χ1n) is 6.62. The molecular formula is C15H16N2O4S. The summed E-state index contributed by atoms with van der Waals surface area (Å²) in [6, 6.07) is 8.89. The van der Waals surface area contributed by atoms with Gasteiger partial charge in [-0.1, -0.05) is 32.0 Å². The molecule has 6 nitrogen and oxygen atoms in total. The van der Waals surface area contributed by atoms with Gasteiger partial charge in [0.2, 0.25) is 0 Å². The van der Waals surface area contributed by atoms with Crippen molar-refractivity contribution in [2.75, 3.05) is 4.72 Å². The molecule has 1 aromatic heterocycles. The fourth-order valence-electron chi connectivity index (χ4n) is 1.85. The molecule has 0 saturated heterocycles. The Bertz CT molecular complexity index is 783. The van der Waals surface area contributed by atoms with E-state index in [1.54, 1.807) is 12.1 Å². The molecule has 22 heavy (non-hydrogen) atoms. The van der Waals surface area contributed by atoms with Crippen LogP contribution in [0.4, 0.5) is 5.69 Å². The predicted octanol–water partition coefficient (Wildman–Crippen LogP) is 2.70. The number of carboxylic acids is 1. The number of rotatable bonds is 5. The number of pyridine rings is 1. The van der Waals surface area contributed by atoms with E-state index in [-0.39, 0.29) is 22.2 Å². The van der Waals surface area contributed by atoms with Gasteiger partial charge in [0, 0.05) is 6.20 Å². The first kappa shape index (κ1) is 16.0. The van der Waals surface area contributed by atoms with Gasteiger partial charge in [-0.15, -0.1) is 0 Å². The van der Waals surface area contributed by atoms with E-state index >= 15 is 0 Å². The van der Waals surface area contributed by atoms with E-state index in [4.69, 9.17) is 5.11 Å². The number of hydrogen-bond acceptors (Lipinski definition) is 4. The van der Waals surface area contributed by atoms with Gasteiger partial charge in [0.25, 0.3) is 10.0 Å². The van der Waals surface area contributed by atoms with E-state index < -0.39 is 16.0 Å². The third kappa shape index (κ3) is 3.43. The third-order valence-corrected chi connectivity index (χ3v) is 4.38. The van der Waals surface area contributed by atoms with Crippen molar-refractivity contribution in [1.29, 1.82) is 0 Å². The molecule has 7 heteroatoms. The Kier molecular flexibility index (Phi) is 4.46. The number of sulfonamides is 1. The van der Waals surface area contributed by atoms with Crippen LogP contribution in [-0.2, 0) is 10.0 Å². The molecule has 0 unspecified atom stereocenters. The quantitative estimate of drug-likeness (QED) is 0.883. The van der Waals surface area contributed by atoms with E-state index in [0.717, 1.165) is 5.56 Å². The number of anilines is 1. The Balaban J connectivity index is 2.34. The van der Waals surface area contributed by atoms with Gasteiger partial charge in [-0.05, 0) is 29.7 Å². The highest BCUT2D eigenvalue weighted by Gasteiger charge is 2.19. The molecule has 0 radical (unpaired) electrons. The topological polar surface area (TPSA) is 96.4 Å². The molecule has 1 aromatic carbocycles. The summed E-state index contributed by atoms with van der Waals surface area (Å²) in [6.45, 7) is 3.96. The molecule has 1 heterocycles. The molecule has 0 bridgehead atoms. The lowest BCUT2D eigenvalue weighted by molar-refractivity contribution is 0.0698. The summed E-state index contributed by atoms with van der Waals surface area (Å²) in [5.74, 6) is -0.966. The predicted molar refractivity (Wildman–Crippen MR) is 82.5 cm³/mol. The van der Waals surface area contributed by atoms with Crippen molar-refractivity contribution in [3.8, 4) is 0 Å². The maximum Gasteiger partial charge on any atom is 0.337 e. The second-order valence-electron chi connectivity index (χ2n) is 5.04. The normalized spacial score (nSPS) is 11.4. The lowest BCUT2D eigenvalue weighted by atomic mass is 10.1. The minimum absolute atomic E-state index is 0.00439. The number of benzene rings is 1. The van der Waals surface area contributed by atoms with Gasteiger partial charge >= 0.3 is 5.97 Å². The van der Waals surface area contributed by atoms with Crippen LogP contribution >= 0.6 is 0 Å². The van der Waals surface area contributed by atoms with Gasteiger partial charge in [-0.25, -0.2) is 9.78 Å². The number of para-hydroxylation sites is 1. The maximum absolute atomic E-state index is 12.3. The van der Waals surface area contributed by atoms with Crippen LogP contribution in [0.3, 0.4) is 0 Å². The summed E-state index contributed by atoms with van der Waals surface area (Å²) in [5, 5.41) is 8.92. The molecule has 0 aliphatic carbocycles. The summed E-state index contributed by atoms with van der Waals surface area (Å²) in [5.41, 5.74) is 0.805. The van der Waals surface area contributed by atoms with Gasteiger partial charge in [-0.3, -0.25) is 4.72 Å². The number of nitrogens with zero attached hydrogens (tertiary/aromatic N) is 1. The van der Waals surface area contributed by atoms with Crippen LogP contribution in [-0.4, -0.2) is 24.5 Å². The van der Waals surface area contributed by atoms with Gasteiger partial charge in [0.1, 0.15) is 0 Å². The van der Waals surface area contributed by atoms with Crippen molar-refractivity contribution in [3.05, 3.63) is 53.7 Å². The molecule has 0 fully saturated rings. The third-order valence-electron chi connectivity index (χ3n) is 3.10. The Labute approximate surface area is 128 Å². The van der Waals surface area contributed by atoms with Crippen LogP contribution in [0.2, 0.25) is 0 Å². The first-order valence-corrected chi connectivity index (χ1v) is 8.10. The van der Waals surface area contributed by atoms with E-state index in [9.17, 15) is 13.2 Å². The lowest BCUT2D eigenvalue weighted by Gasteiger charge is -2.11. The van der Waals surface area contributed by atoms with Gasteiger partial charge in [0.05, 0.1) is 11.3 Å². The molecule has 0 atom stereocenters. The van der Waals surface area contributed by atoms with Crippen LogP contribution in [0.25, 0.3) is 0 Å². The second-order valence-corrected chi connectivity index (χ2v) is 6.67. The molecule has 2 N–H and O–H groups in total. The average Bonchev–Trinajstić information content (AvgIpc) is 2.47. The Morgan fingerprint density at radius 2 is 1.86 bits per heavy atom. The second kappa shape index (κ2) is 6.15. The van der Waals surface area contributed by atoms with E-state index in [1.807, 2.05) is 13.8 Å². The van der Waals surface area contributed by atoms with Crippen LogP contribution in [0.15, 0.2) is 47.6 Å². The molecule has 0 spiro atoms. The molecule has 0 aliphatic rings. The van der Waals surface area contributed by atoms with Crippen molar-refractivity contribution in [2.45, 2.75) is 24.8 Å². The molecule has 116 valence electrons. The zero-order valence-corrected chi connectivity index (χ0v) is 13.0. The van der Waals surface area contributed by atoms with Crippen LogP contribution in [0.1, 0.15) is 35.7 Å². The fraction of sp³-hybridized carbons (Fsp3) is 0.200. The smallest absolute Gasteiger partial charge is 0.337 e. The number of hydrogen-bond donors (Lipinski definition) is 2. The summed E-state index contributed by atoms with van der Waals surface area (Å²) in [4.78, 5) is 15.1. The van der Waals surface area contributed by atoms with Gasteiger partial charge < -0.3 is 5.11 Å². The minimum atomic E-state index is -3.94. The number of carbonyl (C=O) groups is 1. The number of carboxylic acid groups (broad SMARTS) is 1. The largest absolute Gasteiger partial charge is 0.478 e. The highest BCUT2D eigenvalue weighted by molar-refractivity contribution is 7.92. The van der Waals surface area contributed by atoms with E-state index in [1.165, 1.54) is 30.5 Å². The average molecular weight is 320 g/mol. The van der Waals surface area contributed by atoms with Crippen molar-refractivity contribution >= 4 is 21.7 Å². The van der Waals surface area contributed by atoms with Crippen molar-refractivity contribution in [2.24, 2.45) is 0 Å². The van der Waals surface area contributed by atoms with Crippen molar-refractivity contribution in [3.63, 3.8) is 0 Å². The molecule has 0 amide bonds. The zero-order valence-electron chi connectivity index (χ0n) is 12.1. The summed E-state index contributed by atoms with van der Waals surface area (Å²) in [6.07, 6.45) is 1.50. The minimum Gasteiger partial charge on any atom is -0.478 e. The molecule has 0 aliphatic heterocycles. The highest BCUT2D eigenvalue weighted by atomic mass is 32.2. The van der Waals surface area contributed by atoms with E-state index in [2.05, 4.69) is 9.71 Å². The molecule has 2 rings (SSSR count). The van der Waals surface area contributed by atoms with Crippen molar-refractivity contribution < 1.29 is 18.3 Å². The summed E-state index contributed by atoms with van der Waals surface area (Å²) in [7, 11) is -3.94. The first-order chi connectivity index (χ1) is 10.3. The van der Waals surface area contributed by atoms with Gasteiger partial charge in [-0.2, -0.15) is 8.42 Å². The molecular weight excluding hydrogens is 304 g/mol. The standard InChI is InChI=1S/C15H16N2O4S/c1-10(2)11-7-8-14(16-9-11)22(20,21)17-13-6-4-3-5-12(13)15(18)19/h3-10,17H,1-2H3,(H,18,19). The zero-order chi connectivity index (χ0) is 16.3. The maximum atomic E-state index is 12.3. The van der Waals surface area contributed by atoms with E-state index in [0.29, 0.717) is 0 Å². The van der Waals surface area contributed by atoms with Crippen LogP contribution in [0.5, 0.6) is 0 Å². The number of aromatic carboxylic acids is 1. The highest BCUT2D eigenvalue weighted by Crippen LogP contribution is 2.20. The number of aromatic nitrogens is 1. The van der Waals surface area contributed by atoms with Crippen LogP contribution in [0, 0.1) is 0 Å². The Morgan fingerprint density at radius 3 is 2.41 bits per heavy atom. The van der Waals surface area contributed by atoms with Crippen molar-refractivity contribution in [1.82, 2.24) is 4.98 Å². The van der Waals surface area contributed by atoms with Gasteiger partial charge in [0.15, 0.2) is 5.03 Å². The fourth-order valence-corrected chi connectivity index (χ4v) is 2.86. The summed E-state index contributed by atoms with van der Waals surface area (Å²) >= 11 is 0. The SMILES string of the molecule is CC(C)c1ccc(S(=O)(=O)Nc2ccccc2C(=O)O)nc1. The lowest BCUT2D eigenvalue weighted by Crippen LogP contribution is -2.16. The van der Waals surface area contributed by atoms with Crippen LogP contribution < -0.4 is 4.72 Å².